The van der Waals surface area contributed by atoms with Crippen LogP contribution in [-0.4, -0.2) is 22.8 Å². The first kappa shape index (κ1) is 14.9. The molecule has 1 aromatic carbocycles. The Balaban J connectivity index is 2.22. The Kier molecular flexibility index (Phi) is 4.47. The summed E-state index contributed by atoms with van der Waals surface area (Å²) >= 11 is 0. The van der Waals surface area contributed by atoms with E-state index in [0.717, 1.165) is 23.4 Å². The van der Waals surface area contributed by atoms with E-state index in [9.17, 15) is 4.79 Å². The van der Waals surface area contributed by atoms with Crippen molar-refractivity contribution in [3.8, 4) is 5.75 Å². The lowest BCUT2D eigenvalue weighted by molar-refractivity contribution is 0.100. The number of nitrogens with two attached hydrogens (primary N) is 1. The summed E-state index contributed by atoms with van der Waals surface area (Å²) in [5.74, 6) is 0.207. The maximum absolute atomic E-state index is 11.3. The molecule has 1 aromatic heterocycles. The molecule has 21 heavy (non-hydrogen) atoms. The molecule has 2 rings (SSSR count). The summed E-state index contributed by atoms with van der Waals surface area (Å²) in [5, 5.41) is 7.68. The van der Waals surface area contributed by atoms with E-state index in [-0.39, 0.29) is 0 Å². The van der Waals surface area contributed by atoms with Crippen molar-refractivity contribution in [2.75, 3.05) is 12.4 Å². The Morgan fingerprint density at radius 1 is 1.48 bits per heavy atom. The van der Waals surface area contributed by atoms with Gasteiger partial charge in [0.1, 0.15) is 5.75 Å². The Morgan fingerprint density at radius 2 is 2.24 bits per heavy atom. The van der Waals surface area contributed by atoms with Gasteiger partial charge in [-0.05, 0) is 24.6 Å². The van der Waals surface area contributed by atoms with Crippen LogP contribution >= 0.6 is 0 Å². The molecule has 0 bridgehead atoms. The molecule has 6 nitrogen and oxygen atoms in total. The summed E-state index contributed by atoms with van der Waals surface area (Å²) in [5.41, 5.74) is 8.66. The molecule has 0 spiro atoms. The average Bonchev–Trinajstić information content (AvgIpc) is 2.84. The number of methoxy groups -OCH3 is 1. The predicted octanol–water partition coefficient (Wildman–Crippen LogP) is 1.70. The topological polar surface area (TPSA) is 82.2 Å². The molecule has 0 saturated carbocycles. The Morgan fingerprint density at radius 3 is 2.86 bits per heavy atom. The van der Waals surface area contributed by atoms with Crippen molar-refractivity contribution in [1.29, 1.82) is 0 Å². The van der Waals surface area contributed by atoms with E-state index in [1.807, 2.05) is 13.2 Å². The van der Waals surface area contributed by atoms with Crippen LogP contribution in [0.5, 0.6) is 5.75 Å². The third kappa shape index (κ3) is 3.34. The predicted molar refractivity (Wildman–Crippen MR) is 81.4 cm³/mol. The number of aromatic nitrogens is 2. The van der Waals surface area contributed by atoms with E-state index in [4.69, 9.17) is 10.5 Å². The van der Waals surface area contributed by atoms with Gasteiger partial charge in [-0.1, -0.05) is 6.92 Å². The molecule has 0 fully saturated rings. The maximum atomic E-state index is 11.3. The number of carbonyl (C=O) groups is 1. The minimum Gasteiger partial charge on any atom is -0.495 e. The first-order valence-corrected chi connectivity index (χ1v) is 6.78. The number of hydrogen-bond acceptors (Lipinski definition) is 4. The second-order valence-electron chi connectivity index (χ2n) is 4.76. The smallest absolute Gasteiger partial charge is 0.248 e. The SMILES string of the molecule is CCc1nn(C)cc1CNc1cc(C(N)=O)ccc1OC. The van der Waals surface area contributed by atoms with Gasteiger partial charge < -0.3 is 15.8 Å². The van der Waals surface area contributed by atoms with Crippen LogP contribution in [0.2, 0.25) is 0 Å². The number of nitrogens with zero attached hydrogens (tertiary/aromatic N) is 2. The van der Waals surface area contributed by atoms with Gasteiger partial charge in [-0.25, -0.2) is 0 Å². The van der Waals surface area contributed by atoms with Crippen molar-refractivity contribution in [2.24, 2.45) is 12.8 Å². The molecule has 0 aliphatic heterocycles. The highest BCUT2D eigenvalue weighted by atomic mass is 16.5. The standard InChI is InChI=1S/C15H20N4O2/c1-4-12-11(9-19(2)18-12)8-17-13-7-10(15(16)20)5-6-14(13)21-3/h5-7,9,17H,4,8H2,1-3H3,(H2,16,20). The summed E-state index contributed by atoms with van der Waals surface area (Å²) in [6, 6.07) is 5.07. The molecule has 0 radical (unpaired) electrons. The molecule has 0 aliphatic rings. The first-order valence-electron chi connectivity index (χ1n) is 6.78. The van der Waals surface area contributed by atoms with Gasteiger partial charge in [0.25, 0.3) is 0 Å². The zero-order chi connectivity index (χ0) is 15.4. The highest BCUT2D eigenvalue weighted by Gasteiger charge is 2.10. The van der Waals surface area contributed by atoms with Crippen molar-refractivity contribution < 1.29 is 9.53 Å². The number of carbonyl (C=O) groups excluding carboxylic acids is 1. The zero-order valence-corrected chi connectivity index (χ0v) is 12.5. The second kappa shape index (κ2) is 6.30. The number of primary amides is 1. The summed E-state index contributed by atoms with van der Waals surface area (Å²) in [6.45, 7) is 2.68. The molecular weight excluding hydrogens is 268 g/mol. The molecule has 0 atom stereocenters. The molecule has 112 valence electrons. The van der Waals surface area contributed by atoms with E-state index in [0.29, 0.717) is 17.9 Å². The van der Waals surface area contributed by atoms with Crippen molar-refractivity contribution in [3.05, 3.63) is 41.2 Å². The van der Waals surface area contributed by atoms with Gasteiger partial charge in [0.05, 0.1) is 18.5 Å². The fourth-order valence-corrected chi connectivity index (χ4v) is 2.22. The molecule has 1 heterocycles. The second-order valence-corrected chi connectivity index (χ2v) is 4.76. The van der Waals surface area contributed by atoms with Crippen LogP contribution in [0, 0.1) is 0 Å². The van der Waals surface area contributed by atoms with Crippen molar-refractivity contribution in [3.63, 3.8) is 0 Å². The number of anilines is 1. The highest BCUT2D eigenvalue weighted by molar-refractivity contribution is 5.94. The number of amides is 1. The van der Waals surface area contributed by atoms with Gasteiger partial charge in [0.15, 0.2) is 0 Å². The Hall–Kier alpha value is -2.50. The average molecular weight is 288 g/mol. The molecule has 1 amide bonds. The molecular formula is C15H20N4O2. The number of ether oxygens (including phenoxy) is 1. The monoisotopic (exact) mass is 288 g/mol. The van der Waals surface area contributed by atoms with Crippen molar-refractivity contribution in [1.82, 2.24) is 9.78 Å². The number of benzene rings is 1. The van der Waals surface area contributed by atoms with Gasteiger partial charge in [0.2, 0.25) is 5.91 Å². The fourth-order valence-electron chi connectivity index (χ4n) is 2.22. The summed E-state index contributed by atoms with van der Waals surface area (Å²) < 4.78 is 7.09. The van der Waals surface area contributed by atoms with Crippen LogP contribution in [0.3, 0.4) is 0 Å². The van der Waals surface area contributed by atoms with E-state index >= 15 is 0 Å². The molecule has 0 unspecified atom stereocenters. The lowest BCUT2D eigenvalue weighted by atomic mass is 10.1. The zero-order valence-electron chi connectivity index (χ0n) is 12.5. The lowest BCUT2D eigenvalue weighted by Crippen LogP contribution is -2.12. The Labute approximate surface area is 123 Å². The third-order valence-corrected chi connectivity index (χ3v) is 3.28. The van der Waals surface area contributed by atoms with E-state index < -0.39 is 5.91 Å². The number of aryl methyl sites for hydroxylation is 2. The molecule has 6 heteroatoms. The minimum atomic E-state index is -0.462. The lowest BCUT2D eigenvalue weighted by Gasteiger charge is -2.12. The van der Waals surface area contributed by atoms with Crippen molar-refractivity contribution >= 4 is 11.6 Å². The van der Waals surface area contributed by atoms with Crippen LogP contribution in [0.4, 0.5) is 5.69 Å². The van der Waals surface area contributed by atoms with Gasteiger partial charge in [-0.15, -0.1) is 0 Å². The normalized spacial score (nSPS) is 10.4. The van der Waals surface area contributed by atoms with E-state index in [2.05, 4.69) is 17.3 Å². The Bertz CT molecular complexity index is 649. The van der Waals surface area contributed by atoms with Crippen LogP contribution in [0.25, 0.3) is 0 Å². The summed E-state index contributed by atoms with van der Waals surface area (Å²) in [6.07, 6.45) is 2.85. The van der Waals surface area contributed by atoms with Crippen molar-refractivity contribution in [2.45, 2.75) is 19.9 Å². The molecule has 0 saturated heterocycles. The van der Waals surface area contributed by atoms with Crippen LogP contribution in [0.1, 0.15) is 28.5 Å². The summed E-state index contributed by atoms with van der Waals surface area (Å²) in [7, 11) is 3.49. The first-order chi connectivity index (χ1) is 10.0. The van der Waals surface area contributed by atoms with E-state index in [1.165, 1.54) is 0 Å². The van der Waals surface area contributed by atoms with Gasteiger partial charge in [-0.3, -0.25) is 9.48 Å². The largest absolute Gasteiger partial charge is 0.495 e. The third-order valence-electron chi connectivity index (χ3n) is 3.28. The van der Waals surface area contributed by atoms with Gasteiger partial charge in [-0.2, -0.15) is 5.10 Å². The molecule has 2 aromatic rings. The van der Waals surface area contributed by atoms with E-state index in [1.54, 1.807) is 30.0 Å². The van der Waals surface area contributed by atoms with Gasteiger partial charge in [0, 0.05) is 30.9 Å². The summed E-state index contributed by atoms with van der Waals surface area (Å²) in [4.78, 5) is 11.3. The quantitative estimate of drug-likeness (QED) is 0.847. The number of hydrogen-bond donors (Lipinski definition) is 2. The highest BCUT2D eigenvalue weighted by Crippen LogP contribution is 2.26. The number of nitrogens with one attached hydrogen (secondary N) is 1. The van der Waals surface area contributed by atoms with Crippen LogP contribution < -0.4 is 15.8 Å². The van der Waals surface area contributed by atoms with Crippen LogP contribution in [0.15, 0.2) is 24.4 Å². The minimum absolute atomic E-state index is 0.445. The molecule has 3 N–H and O–H groups in total. The fraction of sp³-hybridized carbons (Fsp3) is 0.333. The van der Waals surface area contributed by atoms with Crippen LogP contribution in [-0.2, 0) is 20.0 Å². The number of rotatable bonds is 6. The van der Waals surface area contributed by atoms with Gasteiger partial charge >= 0.3 is 0 Å². The molecule has 0 aliphatic carbocycles. The maximum Gasteiger partial charge on any atom is 0.248 e.